The third kappa shape index (κ3) is 12.8. The SMILES string of the molecule is C=C(F)C(=O)NCc1ccc(Oc2cc3onc(NSc4cc(CC)ccc4OC)c3c3c2CCCO3)nc1.CC#CC(=O)NCc1csc(Oc2cc3onc(NSc4cc(CC)ccc4OC)c3c3c2CCCO3)n1. The number of carbonyl (C=O) groups excluding carboxylic acids is 2. The van der Waals surface area contributed by atoms with Gasteiger partial charge >= 0.3 is 0 Å². The van der Waals surface area contributed by atoms with Crippen molar-refractivity contribution in [3.8, 4) is 57.4 Å². The molecule has 0 aliphatic carbocycles. The number of amides is 2. The fourth-order valence-electron chi connectivity index (χ4n) is 8.19. The molecule has 4 aromatic carbocycles. The molecule has 0 spiro atoms. The number of methoxy groups -OCH3 is 2. The van der Waals surface area contributed by atoms with Crippen molar-refractivity contribution in [2.45, 2.75) is 82.2 Å². The van der Waals surface area contributed by atoms with Gasteiger partial charge in [0.25, 0.3) is 17.0 Å². The zero-order valence-corrected chi connectivity index (χ0v) is 45.1. The Hall–Kier alpha value is -8.13. The average molecular weight is 1100 g/mol. The zero-order valence-electron chi connectivity index (χ0n) is 42.7. The van der Waals surface area contributed by atoms with Crippen LogP contribution >= 0.6 is 35.2 Å². The molecule has 77 heavy (non-hydrogen) atoms. The van der Waals surface area contributed by atoms with E-state index in [1.807, 2.05) is 29.6 Å². The maximum atomic E-state index is 12.9. The highest BCUT2D eigenvalue weighted by Crippen LogP contribution is 2.47. The zero-order chi connectivity index (χ0) is 53.8. The van der Waals surface area contributed by atoms with Crippen LogP contribution in [0.3, 0.4) is 0 Å². The molecular formula is C55H53FN8O10S3. The molecular weight excluding hydrogens is 1050 g/mol. The molecule has 2 amide bonds. The van der Waals surface area contributed by atoms with Crippen LogP contribution in [0.15, 0.2) is 103 Å². The molecule has 398 valence electrons. The Bertz CT molecular complexity index is 3520. The quantitative estimate of drug-likeness (QED) is 0.0336. The molecule has 6 heterocycles. The van der Waals surface area contributed by atoms with E-state index in [0.717, 1.165) is 81.7 Å². The molecule has 18 nitrogen and oxygen atoms in total. The molecule has 10 rings (SSSR count). The number of hydrogen-bond donors (Lipinski definition) is 4. The Morgan fingerprint density at radius 1 is 0.753 bits per heavy atom. The Morgan fingerprint density at radius 2 is 1.32 bits per heavy atom. The molecule has 0 atom stereocenters. The summed E-state index contributed by atoms with van der Waals surface area (Å²) >= 11 is 4.15. The number of fused-ring (bicyclic) bond motifs is 6. The molecule has 0 bridgehead atoms. The fourth-order valence-corrected chi connectivity index (χ4v) is 10.5. The topological polar surface area (TPSA) is 215 Å². The molecule has 4 aromatic heterocycles. The Balaban J connectivity index is 0.000000188. The maximum absolute atomic E-state index is 12.9. The summed E-state index contributed by atoms with van der Waals surface area (Å²) in [6, 6.07) is 19.2. The van der Waals surface area contributed by atoms with Crippen LogP contribution in [0.2, 0.25) is 0 Å². The summed E-state index contributed by atoms with van der Waals surface area (Å²) < 4.78 is 66.4. The summed E-state index contributed by atoms with van der Waals surface area (Å²) in [5, 5.41) is 17.5. The van der Waals surface area contributed by atoms with Crippen LogP contribution in [0.1, 0.15) is 67.1 Å². The van der Waals surface area contributed by atoms with E-state index >= 15 is 0 Å². The number of aryl methyl sites for hydroxylation is 2. The van der Waals surface area contributed by atoms with Gasteiger partial charge in [0.1, 0.15) is 45.3 Å². The number of hydrogen-bond acceptors (Lipinski definition) is 19. The van der Waals surface area contributed by atoms with E-state index in [9.17, 15) is 14.0 Å². The lowest BCUT2D eigenvalue weighted by atomic mass is 10.0. The van der Waals surface area contributed by atoms with Gasteiger partial charge < -0.3 is 57.5 Å². The Kier molecular flexibility index (Phi) is 17.5. The number of carbonyl (C=O) groups is 2. The highest BCUT2D eigenvalue weighted by Gasteiger charge is 2.28. The van der Waals surface area contributed by atoms with Crippen LogP contribution < -0.4 is 48.5 Å². The summed E-state index contributed by atoms with van der Waals surface area (Å²) in [7, 11) is 3.30. The minimum atomic E-state index is -1.04. The van der Waals surface area contributed by atoms with Gasteiger partial charge in [-0.3, -0.25) is 9.59 Å². The van der Waals surface area contributed by atoms with Gasteiger partial charge in [0.05, 0.1) is 49.5 Å². The van der Waals surface area contributed by atoms with E-state index in [0.29, 0.717) is 81.3 Å². The van der Waals surface area contributed by atoms with Crippen LogP contribution in [0.25, 0.3) is 21.9 Å². The highest BCUT2D eigenvalue weighted by molar-refractivity contribution is 8.01. The monoisotopic (exact) mass is 1100 g/mol. The predicted molar refractivity (Wildman–Crippen MR) is 293 cm³/mol. The molecule has 4 N–H and O–H groups in total. The van der Waals surface area contributed by atoms with Crippen molar-refractivity contribution in [3.05, 3.63) is 118 Å². The molecule has 0 fully saturated rings. The van der Waals surface area contributed by atoms with E-state index in [-0.39, 0.29) is 19.0 Å². The van der Waals surface area contributed by atoms with Crippen LogP contribution in [-0.4, -0.2) is 59.5 Å². The number of anilines is 2. The second kappa shape index (κ2) is 25.1. The average Bonchev–Trinajstić information content (AvgIpc) is 4.24. The number of rotatable bonds is 19. The molecule has 0 radical (unpaired) electrons. The third-order valence-electron chi connectivity index (χ3n) is 12.1. The van der Waals surface area contributed by atoms with Gasteiger partial charge in [0.2, 0.25) is 5.88 Å². The van der Waals surface area contributed by atoms with Crippen LogP contribution in [0.4, 0.5) is 16.0 Å². The lowest BCUT2D eigenvalue weighted by Gasteiger charge is -2.21. The lowest BCUT2D eigenvalue weighted by Crippen LogP contribution is -2.22. The van der Waals surface area contributed by atoms with E-state index in [2.05, 4.69) is 90.8 Å². The van der Waals surface area contributed by atoms with Crippen LogP contribution in [0, 0.1) is 11.8 Å². The van der Waals surface area contributed by atoms with Gasteiger partial charge in [-0.2, -0.15) is 0 Å². The first-order valence-corrected chi connectivity index (χ1v) is 27.0. The number of nitrogens with zero attached hydrogens (tertiary/aromatic N) is 4. The molecule has 0 saturated carbocycles. The number of halogens is 1. The second-order valence-corrected chi connectivity index (χ2v) is 19.6. The fraction of sp³-hybridized carbons (Fsp3) is 0.273. The number of ether oxygens (including phenoxy) is 6. The summed E-state index contributed by atoms with van der Waals surface area (Å²) in [6.45, 7) is 10.4. The molecule has 2 aliphatic heterocycles. The summed E-state index contributed by atoms with van der Waals surface area (Å²) in [6.07, 6.45) is 6.64. The molecule has 0 saturated heterocycles. The Morgan fingerprint density at radius 3 is 1.84 bits per heavy atom. The van der Waals surface area contributed by atoms with Crippen molar-refractivity contribution in [1.29, 1.82) is 0 Å². The van der Waals surface area contributed by atoms with E-state index in [1.165, 1.54) is 46.4 Å². The second-order valence-electron chi connectivity index (χ2n) is 17.1. The number of benzene rings is 4. The van der Waals surface area contributed by atoms with Gasteiger partial charge in [-0.05, 0) is 116 Å². The van der Waals surface area contributed by atoms with Crippen molar-refractivity contribution in [2.24, 2.45) is 0 Å². The summed E-state index contributed by atoms with van der Waals surface area (Å²) in [5.74, 6) is 8.32. The minimum Gasteiger partial charge on any atom is -0.496 e. The summed E-state index contributed by atoms with van der Waals surface area (Å²) in [5.41, 5.74) is 6.67. The van der Waals surface area contributed by atoms with Crippen LogP contribution in [0.5, 0.6) is 45.6 Å². The van der Waals surface area contributed by atoms with E-state index < -0.39 is 11.7 Å². The first-order chi connectivity index (χ1) is 37.5. The van der Waals surface area contributed by atoms with E-state index in [4.69, 9.17) is 37.5 Å². The lowest BCUT2D eigenvalue weighted by molar-refractivity contribution is -0.119. The standard InChI is InChI=1S/C28H27FN4O5S.C27H26N4O5S2/c1-4-17-7-9-20(35-3)23(12-17)39-33-27-25-22(38-32-27)13-21(19-6-5-11-36-26(19)25)37-24-10-8-18(14-30-24)15-31-28(34)16(2)29;1-4-7-23(32)28-14-17-15-37-27(29-17)35-20-13-21-24(25-18(20)8-6-11-34-25)26(30-36-21)31-38-22-12-16(5-2)9-10-19(22)33-3/h7-10,12-14H,2,4-6,11,15H2,1,3H3,(H,31,34)(H,32,33);9-10,12-13,15H,5-6,8,11,14H2,1-3H3,(H,28,32)(H,30,31). The first-order valence-electron chi connectivity index (χ1n) is 24.5. The molecule has 8 aromatic rings. The largest absolute Gasteiger partial charge is 0.496 e. The highest BCUT2D eigenvalue weighted by atomic mass is 32.2. The van der Waals surface area contributed by atoms with Crippen LogP contribution in [-0.2, 0) is 48.4 Å². The van der Waals surface area contributed by atoms with Crippen molar-refractivity contribution < 1.29 is 51.4 Å². The van der Waals surface area contributed by atoms with Gasteiger partial charge in [-0.25, -0.2) is 14.4 Å². The smallest absolute Gasteiger partial charge is 0.296 e. The van der Waals surface area contributed by atoms with Crippen molar-refractivity contribution in [3.63, 3.8) is 0 Å². The van der Waals surface area contributed by atoms with E-state index in [1.54, 1.807) is 45.5 Å². The molecule has 0 unspecified atom stereocenters. The number of pyridine rings is 1. The minimum absolute atomic E-state index is 0.116. The van der Waals surface area contributed by atoms with Crippen molar-refractivity contribution in [1.82, 2.24) is 30.9 Å². The third-order valence-corrected chi connectivity index (χ3v) is 14.5. The molecule has 22 heteroatoms. The van der Waals surface area contributed by atoms with Crippen molar-refractivity contribution >= 4 is 80.6 Å². The number of aromatic nitrogens is 4. The van der Waals surface area contributed by atoms with Gasteiger partial charge in [0.15, 0.2) is 28.6 Å². The normalized spacial score (nSPS) is 12.3. The summed E-state index contributed by atoms with van der Waals surface area (Å²) in [4.78, 5) is 33.7. The van der Waals surface area contributed by atoms with Gasteiger partial charge in [0, 0.05) is 47.4 Å². The van der Waals surface area contributed by atoms with Gasteiger partial charge in [-0.15, -0.1) is 0 Å². The van der Waals surface area contributed by atoms with Gasteiger partial charge in [-0.1, -0.05) is 66.2 Å². The predicted octanol–water partition coefficient (Wildman–Crippen LogP) is 11.9. The first kappa shape index (κ1) is 53.7. The maximum Gasteiger partial charge on any atom is 0.296 e. The van der Waals surface area contributed by atoms with Crippen molar-refractivity contribution in [2.75, 3.05) is 36.9 Å². The number of nitrogens with one attached hydrogen (secondary N) is 4. The molecule has 2 aliphatic rings. The number of thiazole rings is 1. The Labute approximate surface area is 455 Å².